The molecule has 1 atom stereocenters. The fraction of sp³-hybridized carbons (Fsp3) is 0.368. The highest BCUT2D eigenvalue weighted by molar-refractivity contribution is 5.37. The van der Waals surface area contributed by atoms with E-state index in [1.54, 1.807) is 0 Å². The van der Waals surface area contributed by atoms with Crippen LogP contribution in [0.1, 0.15) is 56.2 Å². The first kappa shape index (κ1) is 14.8. The van der Waals surface area contributed by atoms with Crippen LogP contribution in [-0.2, 0) is 5.60 Å². The van der Waals surface area contributed by atoms with E-state index in [0.717, 1.165) is 24.0 Å². The van der Waals surface area contributed by atoms with Gasteiger partial charge in [-0.2, -0.15) is 0 Å². The van der Waals surface area contributed by atoms with Gasteiger partial charge in [-0.1, -0.05) is 81.8 Å². The van der Waals surface area contributed by atoms with Crippen LogP contribution in [0, 0.1) is 0 Å². The minimum absolute atomic E-state index is 0.514. The van der Waals surface area contributed by atoms with Crippen LogP contribution < -0.4 is 0 Å². The lowest BCUT2D eigenvalue weighted by Crippen LogP contribution is -2.27. The van der Waals surface area contributed by atoms with Crippen LogP contribution in [0.4, 0.5) is 0 Å². The summed E-state index contributed by atoms with van der Waals surface area (Å²) in [5.74, 6) is 0.514. The molecule has 0 bridgehead atoms. The molecule has 20 heavy (non-hydrogen) atoms. The number of benzene rings is 2. The van der Waals surface area contributed by atoms with Gasteiger partial charge in [0.05, 0.1) is 0 Å². The topological polar surface area (TPSA) is 20.2 Å². The van der Waals surface area contributed by atoms with Crippen LogP contribution in [0.5, 0.6) is 0 Å². The largest absolute Gasteiger partial charge is 0.380 e. The van der Waals surface area contributed by atoms with Crippen molar-refractivity contribution in [2.24, 2.45) is 0 Å². The molecule has 1 nitrogen and oxygen atoms in total. The summed E-state index contributed by atoms with van der Waals surface area (Å²) in [6, 6.07) is 18.4. The van der Waals surface area contributed by atoms with Gasteiger partial charge >= 0.3 is 0 Å². The van der Waals surface area contributed by atoms with Crippen molar-refractivity contribution in [3.8, 4) is 0 Å². The summed E-state index contributed by atoms with van der Waals surface area (Å²) in [5.41, 5.74) is 2.38. The molecular formula is C19H24O. The van der Waals surface area contributed by atoms with Crippen molar-refractivity contribution in [2.45, 2.75) is 45.1 Å². The average Bonchev–Trinajstić information content (AvgIpc) is 2.48. The highest BCUT2D eigenvalue weighted by Crippen LogP contribution is 2.34. The zero-order valence-corrected chi connectivity index (χ0v) is 12.6. The molecule has 0 saturated carbocycles. The van der Waals surface area contributed by atoms with Gasteiger partial charge in [-0.3, -0.25) is 0 Å². The first-order chi connectivity index (χ1) is 9.58. The van der Waals surface area contributed by atoms with Crippen LogP contribution in [0.15, 0.2) is 54.6 Å². The van der Waals surface area contributed by atoms with Gasteiger partial charge in [0.25, 0.3) is 0 Å². The summed E-state index contributed by atoms with van der Waals surface area (Å²) in [4.78, 5) is 0. The Morgan fingerprint density at radius 2 is 1.45 bits per heavy atom. The van der Waals surface area contributed by atoms with Crippen molar-refractivity contribution in [3.63, 3.8) is 0 Å². The average molecular weight is 268 g/mol. The van der Waals surface area contributed by atoms with E-state index in [4.69, 9.17) is 0 Å². The molecule has 2 aromatic rings. The second-order valence-electron chi connectivity index (χ2n) is 5.75. The Balaban J connectivity index is 2.42. The lowest BCUT2D eigenvalue weighted by molar-refractivity contribution is 0.0701. The minimum atomic E-state index is -0.883. The molecule has 0 radical (unpaired) electrons. The molecule has 0 aliphatic rings. The van der Waals surface area contributed by atoms with E-state index >= 15 is 0 Å². The van der Waals surface area contributed by atoms with Gasteiger partial charge in [-0.25, -0.2) is 0 Å². The Kier molecular flexibility index (Phi) is 4.61. The molecule has 1 N–H and O–H groups in total. The van der Waals surface area contributed by atoms with Crippen molar-refractivity contribution in [1.29, 1.82) is 0 Å². The molecule has 1 unspecified atom stereocenters. The maximum Gasteiger partial charge on any atom is 0.115 e. The fourth-order valence-corrected chi connectivity index (χ4v) is 2.67. The maximum atomic E-state index is 11.2. The predicted octanol–water partition coefficient (Wildman–Crippen LogP) is 4.85. The predicted molar refractivity (Wildman–Crippen MR) is 84.9 cm³/mol. The van der Waals surface area contributed by atoms with Crippen molar-refractivity contribution >= 4 is 0 Å². The van der Waals surface area contributed by atoms with E-state index in [1.807, 2.05) is 30.3 Å². The van der Waals surface area contributed by atoms with Gasteiger partial charge in [0.15, 0.2) is 0 Å². The highest BCUT2D eigenvalue weighted by atomic mass is 16.3. The zero-order valence-electron chi connectivity index (χ0n) is 12.6. The molecule has 0 heterocycles. The van der Waals surface area contributed by atoms with E-state index in [0.29, 0.717) is 5.92 Å². The van der Waals surface area contributed by atoms with Crippen molar-refractivity contribution < 1.29 is 5.11 Å². The third-order valence-electron chi connectivity index (χ3n) is 3.92. The molecule has 1 heteroatoms. The molecule has 2 rings (SSSR count). The third-order valence-corrected chi connectivity index (χ3v) is 3.92. The normalized spacial score (nSPS) is 14.2. The van der Waals surface area contributed by atoms with E-state index in [9.17, 15) is 5.11 Å². The smallest absolute Gasteiger partial charge is 0.115 e. The Morgan fingerprint density at radius 3 is 1.95 bits per heavy atom. The summed E-state index contributed by atoms with van der Waals surface area (Å²) in [6.07, 6.45) is 1.68. The molecule has 0 fully saturated rings. The van der Waals surface area contributed by atoms with E-state index in [-0.39, 0.29) is 0 Å². The van der Waals surface area contributed by atoms with Gasteiger partial charge < -0.3 is 5.11 Å². The molecule has 2 aromatic carbocycles. The summed E-state index contributed by atoms with van der Waals surface area (Å²) in [5, 5.41) is 11.2. The molecule has 0 amide bonds. The van der Waals surface area contributed by atoms with Gasteiger partial charge in [0.1, 0.15) is 5.60 Å². The van der Waals surface area contributed by atoms with Gasteiger partial charge in [0.2, 0.25) is 0 Å². The maximum absolute atomic E-state index is 11.2. The highest BCUT2D eigenvalue weighted by Gasteiger charge is 2.30. The van der Waals surface area contributed by atoms with E-state index in [2.05, 4.69) is 45.0 Å². The molecule has 0 spiro atoms. The third kappa shape index (κ3) is 2.94. The van der Waals surface area contributed by atoms with Crippen LogP contribution in [0.3, 0.4) is 0 Å². The van der Waals surface area contributed by atoms with Crippen molar-refractivity contribution in [2.75, 3.05) is 0 Å². The summed E-state index contributed by atoms with van der Waals surface area (Å²) in [7, 11) is 0. The first-order valence-corrected chi connectivity index (χ1v) is 7.46. The summed E-state index contributed by atoms with van der Waals surface area (Å²) in [6.45, 7) is 6.48. The standard InChI is InChI=1S/C19H24O/c1-4-14-19(20,17-8-6-5-7-9-17)18-12-10-16(11-13-18)15(2)3/h5-13,15,20H,4,14H2,1-3H3. The lowest BCUT2D eigenvalue weighted by Gasteiger charge is -2.29. The summed E-state index contributed by atoms with van der Waals surface area (Å²) >= 11 is 0. The minimum Gasteiger partial charge on any atom is -0.380 e. The number of aliphatic hydroxyl groups is 1. The molecule has 0 aromatic heterocycles. The summed E-state index contributed by atoms with van der Waals surface area (Å²) < 4.78 is 0. The van der Waals surface area contributed by atoms with E-state index in [1.165, 1.54) is 5.56 Å². The Morgan fingerprint density at radius 1 is 0.900 bits per heavy atom. The van der Waals surface area contributed by atoms with Gasteiger partial charge in [-0.15, -0.1) is 0 Å². The van der Waals surface area contributed by atoms with Gasteiger partial charge in [0, 0.05) is 0 Å². The second kappa shape index (κ2) is 6.23. The van der Waals surface area contributed by atoms with E-state index < -0.39 is 5.60 Å². The number of rotatable bonds is 5. The number of hydrogen-bond acceptors (Lipinski definition) is 1. The SMILES string of the molecule is CCCC(O)(c1ccccc1)c1ccc(C(C)C)cc1. The van der Waals surface area contributed by atoms with Crippen molar-refractivity contribution in [1.82, 2.24) is 0 Å². The van der Waals surface area contributed by atoms with Gasteiger partial charge in [-0.05, 0) is 29.0 Å². The lowest BCUT2D eigenvalue weighted by atomic mass is 9.82. The Labute approximate surface area is 122 Å². The monoisotopic (exact) mass is 268 g/mol. The molecule has 0 aliphatic carbocycles. The van der Waals surface area contributed by atoms with Crippen molar-refractivity contribution in [3.05, 3.63) is 71.3 Å². The molecule has 106 valence electrons. The zero-order chi connectivity index (χ0) is 14.6. The molecule has 0 aliphatic heterocycles. The first-order valence-electron chi connectivity index (χ1n) is 7.46. The molecule has 0 saturated heterocycles. The fourth-order valence-electron chi connectivity index (χ4n) is 2.67. The van der Waals surface area contributed by atoms with Crippen LogP contribution in [0.2, 0.25) is 0 Å². The Bertz CT molecular complexity index is 527. The van der Waals surface area contributed by atoms with Crippen LogP contribution >= 0.6 is 0 Å². The second-order valence-corrected chi connectivity index (χ2v) is 5.75. The quantitative estimate of drug-likeness (QED) is 0.822. The van der Waals surface area contributed by atoms with Crippen LogP contribution in [-0.4, -0.2) is 5.11 Å². The molecular weight excluding hydrogens is 244 g/mol. The Hall–Kier alpha value is -1.60. The number of hydrogen-bond donors (Lipinski definition) is 1. The van der Waals surface area contributed by atoms with Crippen LogP contribution in [0.25, 0.3) is 0 Å².